The fraction of sp³-hybridized carbons (Fsp3) is 0.133. The number of anilines is 1. The Morgan fingerprint density at radius 2 is 1.89 bits per heavy atom. The third kappa shape index (κ3) is 2.04. The Kier molecular flexibility index (Phi) is 2.87. The molecule has 0 aliphatic carbocycles. The van der Waals surface area contributed by atoms with Gasteiger partial charge in [-0.25, -0.2) is 0 Å². The lowest BCUT2D eigenvalue weighted by atomic mass is 10.0. The number of aromatic nitrogens is 2. The van der Waals surface area contributed by atoms with E-state index in [1.165, 1.54) is 5.56 Å². The number of thiophene rings is 1. The van der Waals surface area contributed by atoms with Crippen LogP contribution in [-0.4, -0.2) is 9.78 Å². The van der Waals surface area contributed by atoms with Crippen LogP contribution in [0.15, 0.2) is 41.8 Å². The smallest absolute Gasteiger partial charge is 0.129 e. The number of rotatable bonds is 2. The molecule has 0 radical (unpaired) electrons. The Morgan fingerprint density at radius 3 is 2.53 bits per heavy atom. The van der Waals surface area contributed by atoms with E-state index in [1.54, 1.807) is 16.0 Å². The number of aryl methyl sites for hydroxylation is 2. The zero-order chi connectivity index (χ0) is 13.4. The fourth-order valence-corrected chi connectivity index (χ4v) is 2.84. The number of benzene rings is 1. The first-order valence-electron chi connectivity index (χ1n) is 6.10. The van der Waals surface area contributed by atoms with E-state index in [-0.39, 0.29) is 0 Å². The van der Waals surface area contributed by atoms with Gasteiger partial charge in [-0.15, -0.1) is 11.3 Å². The molecule has 0 amide bonds. The van der Waals surface area contributed by atoms with Crippen molar-refractivity contribution in [2.45, 2.75) is 6.92 Å². The van der Waals surface area contributed by atoms with Crippen LogP contribution in [0.1, 0.15) is 5.56 Å². The van der Waals surface area contributed by atoms with Gasteiger partial charge in [-0.05, 0) is 23.9 Å². The van der Waals surface area contributed by atoms with Crippen molar-refractivity contribution in [3.05, 3.63) is 47.3 Å². The van der Waals surface area contributed by atoms with Crippen molar-refractivity contribution < 1.29 is 0 Å². The van der Waals surface area contributed by atoms with Gasteiger partial charge in [0.2, 0.25) is 0 Å². The van der Waals surface area contributed by atoms with Crippen LogP contribution in [0.5, 0.6) is 0 Å². The van der Waals surface area contributed by atoms with Crippen molar-refractivity contribution in [2.75, 3.05) is 5.73 Å². The van der Waals surface area contributed by atoms with Gasteiger partial charge in [0.05, 0.1) is 10.4 Å². The summed E-state index contributed by atoms with van der Waals surface area (Å²) in [5.41, 5.74) is 10.5. The maximum atomic E-state index is 6.18. The Labute approximate surface area is 116 Å². The van der Waals surface area contributed by atoms with Gasteiger partial charge in [0.15, 0.2) is 0 Å². The Hall–Kier alpha value is -2.07. The zero-order valence-electron chi connectivity index (χ0n) is 10.9. The molecule has 2 N–H and O–H groups in total. The van der Waals surface area contributed by atoms with Crippen LogP contribution < -0.4 is 5.73 Å². The topological polar surface area (TPSA) is 43.8 Å². The number of nitrogen functional groups attached to an aromatic ring is 1. The van der Waals surface area contributed by atoms with E-state index >= 15 is 0 Å². The van der Waals surface area contributed by atoms with Gasteiger partial charge in [-0.2, -0.15) is 5.10 Å². The molecule has 0 bridgehead atoms. The van der Waals surface area contributed by atoms with Gasteiger partial charge in [0, 0.05) is 7.05 Å². The summed E-state index contributed by atoms with van der Waals surface area (Å²) < 4.78 is 1.74. The molecule has 0 aliphatic rings. The number of hydrogen-bond donors (Lipinski definition) is 1. The van der Waals surface area contributed by atoms with Crippen molar-refractivity contribution in [1.82, 2.24) is 9.78 Å². The molecule has 3 nitrogen and oxygen atoms in total. The summed E-state index contributed by atoms with van der Waals surface area (Å²) in [6.07, 6.45) is 0. The molecule has 96 valence electrons. The summed E-state index contributed by atoms with van der Waals surface area (Å²) in [7, 11) is 1.88. The fourth-order valence-electron chi connectivity index (χ4n) is 2.13. The predicted octanol–water partition coefficient (Wildman–Crippen LogP) is 3.71. The quantitative estimate of drug-likeness (QED) is 0.770. The van der Waals surface area contributed by atoms with Crippen LogP contribution in [0.2, 0.25) is 0 Å². The first-order chi connectivity index (χ1) is 9.16. The maximum Gasteiger partial charge on any atom is 0.129 e. The zero-order valence-corrected chi connectivity index (χ0v) is 11.7. The number of nitrogens with two attached hydrogens (primary N) is 1. The molecule has 0 aliphatic heterocycles. The molecule has 0 atom stereocenters. The lowest BCUT2D eigenvalue weighted by Crippen LogP contribution is -1.97. The van der Waals surface area contributed by atoms with E-state index in [4.69, 9.17) is 5.73 Å². The van der Waals surface area contributed by atoms with Crippen molar-refractivity contribution in [1.29, 1.82) is 0 Å². The summed E-state index contributed by atoms with van der Waals surface area (Å²) in [6, 6.07) is 12.5. The van der Waals surface area contributed by atoms with Crippen LogP contribution in [0.25, 0.3) is 21.7 Å². The van der Waals surface area contributed by atoms with E-state index < -0.39 is 0 Å². The molecule has 0 spiro atoms. The minimum Gasteiger partial charge on any atom is -0.383 e. The second-order valence-electron chi connectivity index (χ2n) is 4.58. The largest absolute Gasteiger partial charge is 0.383 e. The van der Waals surface area contributed by atoms with Gasteiger partial charge in [0.1, 0.15) is 11.5 Å². The SMILES string of the molecule is Cc1ccc(-c2c(-c3cccs3)nn(C)c2N)cc1. The van der Waals surface area contributed by atoms with Gasteiger partial charge >= 0.3 is 0 Å². The molecular formula is C15H15N3S. The van der Waals surface area contributed by atoms with E-state index in [1.807, 2.05) is 13.1 Å². The van der Waals surface area contributed by atoms with Gasteiger partial charge in [-0.3, -0.25) is 4.68 Å². The first-order valence-corrected chi connectivity index (χ1v) is 6.98. The average molecular weight is 269 g/mol. The molecule has 2 heterocycles. The van der Waals surface area contributed by atoms with Crippen LogP contribution in [-0.2, 0) is 7.05 Å². The predicted molar refractivity (Wildman–Crippen MR) is 81.1 cm³/mol. The lowest BCUT2D eigenvalue weighted by Gasteiger charge is -2.03. The summed E-state index contributed by atoms with van der Waals surface area (Å²) in [5.74, 6) is 0.701. The van der Waals surface area contributed by atoms with E-state index in [0.29, 0.717) is 5.82 Å². The molecule has 0 saturated heterocycles. The van der Waals surface area contributed by atoms with Crippen molar-refractivity contribution in [3.8, 4) is 21.7 Å². The summed E-state index contributed by atoms with van der Waals surface area (Å²) in [6.45, 7) is 2.08. The highest BCUT2D eigenvalue weighted by atomic mass is 32.1. The third-order valence-corrected chi connectivity index (χ3v) is 4.06. The first kappa shape index (κ1) is 12.0. The normalized spacial score (nSPS) is 10.8. The molecule has 19 heavy (non-hydrogen) atoms. The van der Waals surface area contributed by atoms with E-state index in [0.717, 1.165) is 21.7 Å². The van der Waals surface area contributed by atoms with Crippen molar-refractivity contribution in [2.24, 2.45) is 7.05 Å². The van der Waals surface area contributed by atoms with E-state index in [9.17, 15) is 0 Å². The Morgan fingerprint density at radius 1 is 1.16 bits per heavy atom. The van der Waals surface area contributed by atoms with Gasteiger partial charge in [0.25, 0.3) is 0 Å². The van der Waals surface area contributed by atoms with Crippen LogP contribution in [0.3, 0.4) is 0 Å². The lowest BCUT2D eigenvalue weighted by molar-refractivity contribution is 0.783. The third-order valence-electron chi connectivity index (χ3n) is 3.19. The van der Waals surface area contributed by atoms with Crippen molar-refractivity contribution >= 4 is 17.2 Å². The summed E-state index contributed by atoms with van der Waals surface area (Å²) in [4.78, 5) is 1.14. The molecule has 3 aromatic rings. The Balaban J connectivity index is 2.22. The highest BCUT2D eigenvalue weighted by Crippen LogP contribution is 2.37. The minimum atomic E-state index is 0.701. The molecule has 4 heteroatoms. The number of hydrogen-bond acceptors (Lipinski definition) is 3. The van der Waals surface area contributed by atoms with Crippen LogP contribution in [0.4, 0.5) is 5.82 Å². The highest BCUT2D eigenvalue weighted by molar-refractivity contribution is 7.13. The molecule has 3 rings (SSSR count). The summed E-state index contributed by atoms with van der Waals surface area (Å²) in [5, 5.41) is 6.61. The standard InChI is InChI=1S/C15H15N3S/c1-10-5-7-11(8-6-10)13-14(12-4-3-9-19-12)17-18(2)15(13)16/h3-9H,16H2,1-2H3. The summed E-state index contributed by atoms with van der Waals surface area (Å²) >= 11 is 1.68. The molecule has 2 aromatic heterocycles. The molecule has 0 saturated carbocycles. The number of nitrogens with zero attached hydrogens (tertiary/aromatic N) is 2. The monoisotopic (exact) mass is 269 g/mol. The average Bonchev–Trinajstić information content (AvgIpc) is 3.01. The molecule has 1 aromatic carbocycles. The minimum absolute atomic E-state index is 0.701. The molecule has 0 unspecified atom stereocenters. The Bertz CT molecular complexity index is 694. The second-order valence-corrected chi connectivity index (χ2v) is 5.52. The van der Waals surface area contributed by atoms with Crippen LogP contribution in [0, 0.1) is 6.92 Å². The van der Waals surface area contributed by atoms with Gasteiger partial charge in [-0.1, -0.05) is 35.9 Å². The van der Waals surface area contributed by atoms with Crippen molar-refractivity contribution in [3.63, 3.8) is 0 Å². The van der Waals surface area contributed by atoms with E-state index in [2.05, 4.69) is 47.7 Å². The second kappa shape index (κ2) is 4.55. The molecule has 0 fully saturated rings. The highest BCUT2D eigenvalue weighted by Gasteiger charge is 2.17. The van der Waals surface area contributed by atoms with Gasteiger partial charge < -0.3 is 5.73 Å². The van der Waals surface area contributed by atoms with Crippen LogP contribution >= 0.6 is 11.3 Å². The molecular weight excluding hydrogens is 254 g/mol. The maximum absolute atomic E-state index is 6.18.